The highest BCUT2D eigenvalue weighted by atomic mass is 15.0. The lowest BCUT2D eigenvalue weighted by atomic mass is 10.0. The Morgan fingerprint density at radius 3 is 2.32 bits per heavy atom. The van der Waals surface area contributed by atoms with E-state index in [0.29, 0.717) is 0 Å². The maximum absolute atomic E-state index is 4.58. The number of nitrogens with one attached hydrogen (secondary N) is 1. The van der Waals surface area contributed by atoms with Gasteiger partial charge >= 0.3 is 0 Å². The molecule has 3 aromatic carbocycles. The molecular formula is C28H23N3. The topological polar surface area (TPSA) is 37.8 Å². The number of hydrogen-bond acceptors (Lipinski definition) is 3. The van der Waals surface area contributed by atoms with Crippen LogP contribution in [0.4, 0.5) is 5.82 Å². The number of anilines is 1. The van der Waals surface area contributed by atoms with Gasteiger partial charge in [0.25, 0.3) is 0 Å². The average molecular weight is 402 g/mol. The van der Waals surface area contributed by atoms with Crippen LogP contribution in [0.5, 0.6) is 0 Å². The lowest BCUT2D eigenvalue weighted by Gasteiger charge is -2.11. The molecule has 2 aromatic heterocycles. The van der Waals surface area contributed by atoms with Crippen molar-refractivity contribution < 1.29 is 0 Å². The van der Waals surface area contributed by atoms with E-state index in [-0.39, 0.29) is 0 Å². The van der Waals surface area contributed by atoms with E-state index in [2.05, 4.69) is 101 Å². The van der Waals surface area contributed by atoms with Crippen molar-refractivity contribution in [3.05, 3.63) is 115 Å². The lowest BCUT2D eigenvalue weighted by molar-refractivity contribution is 1.12. The van der Waals surface area contributed by atoms with E-state index in [4.69, 9.17) is 0 Å². The molecule has 31 heavy (non-hydrogen) atoms. The SMILES string of the molecule is Cc1cccc(-c2ccc(CNc3nccc4cc(-c5cccnc5)ccc34)cc2)c1. The van der Waals surface area contributed by atoms with Crippen LogP contribution in [-0.2, 0) is 6.54 Å². The summed E-state index contributed by atoms with van der Waals surface area (Å²) in [5.41, 5.74) is 7.26. The van der Waals surface area contributed by atoms with E-state index in [1.165, 1.54) is 22.3 Å². The zero-order valence-electron chi connectivity index (χ0n) is 17.4. The van der Waals surface area contributed by atoms with Gasteiger partial charge in [-0.1, -0.05) is 72.3 Å². The lowest BCUT2D eigenvalue weighted by Crippen LogP contribution is -2.02. The number of aryl methyl sites for hydroxylation is 1. The van der Waals surface area contributed by atoms with Crippen LogP contribution in [0.1, 0.15) is 11.1 Å². The van der Waals surface area contributed by atoms with Gasteiger partial charge in [0.15, 0.2) is 0 Å². The summed E-state index contributed by atoms with van der Waals surface area (Å²) in [5, 5.41) is 5.79. The van der Waals surface area contributed by atoms with Crippen molar-refractivity contribution in [2.24, 2.45) is 0 Å². The monoisotopic (exact) mass is 401 g/mol. The van der Waals surface area contributed by atoms with Gasteiger partial charge in [-0.15, -0.1) is 0 Å². The largest absolute Gasteiger partial charge is 0.365 e. The third-order valence-corrected chi connectivity index (χ3v) is 5.52. The van der Waals surface area contributed by atoms with E-state index >= 15 is 0 Å². The summed E-state index contributed by atoms with van der Waals surface area (Å²) in [6.45, 7) is 2.85. The van der Waals surface area contributed by atoms with Crippen molar-refractivity contribution in [2.75, 3.05) is 5.32 Å². The molecule has 0 unspecified atom stereocenters. The number of rotatable bonds is 5. The Labute approximate surface area is 182 Å². The average Bonchev–Trinajstić information content (AvgIpc) is 2.83. The van der Waals surface area contributed by atoms with Gasteiger partial charge in [-0.2, -0.15) is 0 Å². The minimum Gasteiger partial charge on any atom is -0.365 e. The highest BCUT2D eigenvalue weighted by molar-refractivity contribution is 5.94. The van der Waals surface area contributed by atoms with Gasteiger partial charge in [0.05, 0.1) is 0 Å². The molecule has 5 rings (SSSR count). The van der Waals surface area contributed by atoms with Crippen molar-refractivity contribution in [1.82, 2.24) is 9.97 Å². The molecule has 0 fully saturated rings. The minimum absolute atomic E-state index is 0.727. The molecule has 0 bridgehead atoms. The Bertz CT molecular complexity index is 1330. The van der Waals surface area contributed by atoms with E-state index in [0.717, 1.165) is 34.3 Å². The normalized spacial score (nSPS) is 10.9. The second-order valence-electron chi connectivity index (χ2n) is 7.76. The molecule has 0 aliphatic rings. The number of nitrogens with zero attached hydrogens (tertiary/aromatic N) is 2. The molecule has 0 saturated heterocycles. The van der Waals surface area contributed by atoms with Crippen molar-refractivity contribution in [1.29, 1.82) is 0 Å². The number of benzene rings is 3. The van der Waals surface area contributed by atoms with Gasteiger partial charge < -0.3 is 5.32 Å². The van der Waals surface area contributed by atoms with E-state index < -0.39 is 0 Å². The van der Waals surface area contributed by atoms with E-state index in [1.54, 1.807) is 6.20 Å². The number of pyridine rings is 2. The summed E-state index contributed by atoms with van der Waals surface area (Å²) >= 11 is 0. The molecule has 3 nitrogen and oxygen atoms in total. The molecule has 0 atom stereocenters. The van der Waals surface area contributed by atoms with Gasteiger partial charge in [-0.3, -0.25) is 4.98 Å². The number of fused-ring (bicyclic) bond motifs is 1. The molecule has 0 saturated carbocycles. The molecule has 0 amide bonds. The summed E-state index contributed by atoms with van der Waals surface area (Å²) in [4.78, 5) is 8.80. The van der Waals surface area contributed by atoms with Crippen molar-refractivity contribution in [3.63, 3.8) is 0 Å². The van der Waals surface area contributed by atoms with Crippen molar-refractivity contribution >= 4 is 16.6 Å². The molecule has 0 aliphatic heterocycles. The van der Waals surface area contributed by atoms with Gasteiger partial charge in [0.2, 0.25) is 0 Å². The van der Waals surface area contributed by atoms with Gasteiger partial charge in [-0.05, 0) is 52.8 Å². The molecule has 150 valence electrons. The number of hydrogen-bond donors (Lipinski definition) is 1. The predicted molar refractivity (Wildman–Crippen MR) is 129 cm³/mol. The Balaban J connectivity index is 1.35. The van der Waals surface area contributed by atoms with E-state index in [9.17, 15) is 0 Å². The molecule has 1 N–H and O–H groups in total. The molecule has 0 aliphatic carbocycles. The third kappa shape index (κ3) is 4.17. The van der Waals surface area contributed by atoms with Crippen molar-refractivity contribution in [2.45, 2.75) is 13.5 Å². The summed E-state index contributed by atoms with van der Waals surface area (Å²) in [6.07, 6.45) is 5.55. The fraction of sp³-hybridized carbons (Fsp3) is 0.0714. The minimum atomic E-state index is 0.727. The predicted octanol–water partition coefficient (Wildman–Crippen LogP) is 6.88. The summed E-state index contributed by atoms with van der Waals surface area (Å²) < 4.78 is 0. The molecule has 5 aromatic rings. The Hall–Kier alpha value is -3.98. The zero-order chi connectivity index (χ0) is 21.0. The van der Waals surface area contributed by atoms with Crippen LogP contribution in [0.15, 0.2) is 104 Å². The first-order valence-corrected chi connectivity index (χ1v) is 10.5. The third-order valence-electron chi connectivity index (χ3n) is 5.52. The van der Waals surface area contributed by atoms with Crippen LogP contribution in [0, 0.1) is 6.92 Å². The smallest absolute Gasteiger partial charge is 0.134 e. The second kappa shape index (κ2) is 8.41. The maximum Gasteiger partial charge on any atom is 0.134 e. The quantitative estimate of drug-likeness (QED) is 0.349. The molecule has 0 spiro atoms. The number of aromatic nitrogens is 2. The molecular weight excluding hydrogens is 378 g/mol. The van der Waals surface area contributed by atoms with Gasteiger partial charge in [0, 0.05) is 36.1 Å². The Kier molecular flexibility index (Phi) is 5.16. The Morgan fingerprint density at radius 1 is 0.710 bits per heavy atom. The van der Waals surface area contributed by atoms with Crippen LogP contribution in [-0.4, -0.2) is 9.97 Å². The van der Waals surface area contributed by atoms with Crippen LogP contribution in [0.3, 0.4) is 0 Å². The highest BCUT2D eigenvalue weighted by Gasteiger charge is 2.06. The zero-order valence-corrected chi connectivity index (χ0v) is 17.4. The van der Waals surface area contributed by atoms with Gasteiger partial charge in [-0.25, -0.2) is 4.98 Å². The molecule has 2 heterocycles. The maximum atomic E-state index is 4.58. The van der Waals surface area contributed by atoms with E-state index in [1.807, 2.05) is 18.5 Å². The van der Waals surface area contributed by atoms with Crippen molar-refractivity contribution in [3.8, 4) is 22.3 Å². The molecule has 3 heteroatoms. The van der Waals surface area contributed by atoms with Crippen LogP contribution in [0.2, 0.25) is 0 Å². The summed E-state index contributed by atoms with van der Waals surface area (Å²) in [5.74, 6) is 0.901. The summed E-state index contributed by atoms with van der Waals surface area (Å²) in [7, 11) is 0. The first-order valence-electron chi connectivity index (χ1n) is 10.5. The van der Waals surface area contributed by atoms with Crippen LogP contribution >= 0.6 is 0 Å². The first-order chi connectivity index (χ1) is 15.3. The fourth-order valence-electron chi connectivity index (χ4n) is 3.86. The molecule has 0 radical (unpaired) electrons. The van der Waals surface area contributed by atoms with Gasteiger partial charge in [0.1, 0.15) is 5.82 Å². The standard InChI is InChI=1S/C28H23N3/c1-20-4-2-5-23(16-20)22-9-7-21(8-10-22)18-31-28-27-12-11-24(17-25(27)13-15-30-28)26-6-3-14-29-19-26/h2-17,19H,18H2,1H3,(H,30,31). The second-order valence-corrected chi connectivity index (χ2v) is 7.76. The van der Waals surface area contributed by atoms with Crippen LogP contribution in [0.25, 0.3) is 33.0 Å². The van der Waals surface area contributed by atoms with Crippen LogP contribution < -0.4 is 5.32 Å². The highest BCUT2D eigenvalue weighted by Crippen LogP contribution is 2.28. The Morgan fingerprint density at radius 2 is 1.52 bits per heavy atom. The fourth-order valence-corrected chi connectivity index (χ4v) is 3.86. The first kappa shape index (κ1) is 19.0. The summed E-state index contributed by atoms with van der Waals surface area (Å²) in [6, 6.07) is 29.9.